The second kappa shape index (κ2) is 14.7. The first-order valence-electron chi connectivity index (χ1n) is 9.71. The molecule has 0 saturated carbocycles. The normalized spacial score (nSPS) is 12.4. The fraction of sp³-hybridized carbons (Fsp3) is 0.905. The van der Waals surface area contributed by atoms with Crippen molar-refractivity contribution in [3.8, 4) is 0 Å². The minimum Gasteiger partial charge on any atom is -0.0885 e. The standard InChI is InChI=1S/C21H42/c1-5-6-7-8-9-10-11-12-13-14-15-16-17-18-19-20-21(2,3)4/h15-16H,5-14,17-20H2,1-4H3/b16-15-. The number of unbranched alkanes of at least 4 members (excludes halogenated alkanes) is 11. The fourth-order valence-corrected chi connectivity index (χ4v) is 2.73. The van der Waals surface area contributed by atoms with Crippen LogP contribution in [0.2, 0.25) is 0 Å². The molecule has 0 heterocycles. The van der Waals surface area contributed by atoms with Gasteiger partial charge in [0, 0.05) is 0 Å². The molecule has 0 aliphatic heterocycles. The van der Waals surface area contributed by atoms with Crippen molar-refractivity contribution >= 4 is 0 Å². The van der Waals surface area contributed by atoms with Gasteiger partial charge in [-0.2, -0.15) is 0 Å². The van der Waals surface area contributed by atoms with Crippen LogP contribution in [0.1, 0.15) is 118 Å². The predicted molar refractivity (Wildman–Crippen MR) is 98.9 cm³/mol. The number of rotatable bonds is 14. The van der Waals surface area contributed by atoms with Crippen molar-refractivity contribution in [3.63, 3.8) is 0 Å². The Bertz CT molecular complexity index is 219. The smallest absolute Gasteiger partial charge is 0.0351 e. The zero-order valence-corrected chi connectivity index (χ0v) is 15.6. The highest BCUT2D eigenvalue weighted by molar-refractivity contribution is 4.81. The van der Waals surface area contributed by atoms with E-state index in [0.29, 0.717) is 5.41 Å². The first-order chi connectivity index (χ1) is 10.1. The van der Waals surface area contributed by atoms with Crippen LogP contribution in [0.5, 0.6) is 0 Å². The summed E-state index contributed by atoms with van der Waals surface area (Å²) in [6.07, 6.45) is 24.4. The summed E-state index contributed by atoms with van der Waals surface area (Å²) in [5.74, 6) is 0. The summed E-state index contributed by atoms with van der Waals surface area (Å²) in [6.45, 7) is 9.31. The topological polar surface area (TPSA) is 0 Å². The Kier molecular flexibility index (Phi) is 14.5. The Balaban J connectivity index is 3.12. The van der Waals surface area contributed by atoms with Crippen LogP contribution in [0.15, 0.2) is 12.2 Å². The zero-order valence-electron chi connectivity index (χ0n) is 15.6. The van der Waals surface area contributed by atoms with Gasteiger partial charge in [0.1, 0.15) is 0 Å². The van der Waals surface area contributed by atoms with Crippen LogP contribution in [0.25, 0.3) is 0 Å². The highest BCUT2D eigenvalue weighted by Gasteiger charge is 2.08. The first kappa shape index (κ1) is 20.7. The molecule has 0 amide bonds. The fourth-order valence-electron chi connectivity index (χ4n) is 2.73. The van der Waals surface area contributed by atoms with E-state index >= 15 is 0 Å². The Hall–Kier alpha value is -0.260. The molecule has 0 rings (SSSR count). The molecule has 0 unspecified atom stereocenters. The second-order valence-corrected chi connectivity index (χ2v) is 7.89. The van der Waals surface area contributed by atoms with Crippen LogP contribution in [-0.4, -0.2) is 0 Å². The Morgan fingerprint density at radius 1 is 0.571 bits per heavy atom. The molecule has 0 radical (unpaired) electrons. The molecule has 0 N–H and O–H groups in total. The SMILES string of the molecule is CCCCCCCCCCC/C=C\CCCCC(C)(C)C. The molecular formula is C21H42. The van der Waals surface area contributed by atoms with Crippen molar-refractivity contribution in [2.24, 2.45) is 5.41 Å². The van der Waals surface area contributed by atoms with Crippen molar-refractivity contribution in [1.82, 2.24) is 0 Å². The van der Waals surface area contributed by atoms with Crippen molar-refractivity contribution < 1.29 is 0 Å². The summed E-state index contributed by atoms with van der Waals surface area (Å²) in [7, 11) is 0. The molecule has 0 aromatic carbocycles. The summed E-state index contributed by atoms with van der Waals surface area (Å²) in [6, 6.07) is 0. The number of hydrogen-bond acceptors (Lipinski definition) is 0. The summed E-state index contributed by atoms with van der Waals surface area (Å²) >= 11 is 0. The van der Waals surface area contributed by atoms with Gasteiger partial charge >= 0.3 is 0 Å². The molecule has 0 bridgehead atoms. The molecule has 0 nitrogen and oxygen atoms in total. The summed E-state index contributed by atoms with van der Waals surface area (Å²) in [5.41, 5.74) is 0.514. The van der Waals surface area contributed by atoms with Gasteiger partial charge in [0.2, 0.25) is 0 Å². The van der Waals surface area contributed by atoms with Gasteiger partial charge in [0.25, 0.3) is 0 Å². The van der Waals surface area contributed by atoms with Gasteiger partial charge in [0.05, 0.1) is 0 Å². The van der Waals surface area contributed by atoms with Crippen LogP contribution in [0, 0.1) is 5.41 Å². The lowest BCUT2D eigenvalue weighted by molar-refractivity contribution is 0.361. The molecular weight excluding hydrogens is 252 g/mol. The maximum absolute atomic E-state index is 2.42. The van der Waals surface area contributed by atoms with Crippen molar-refractivity contribution in [2.45, 2.75) is 118 Å². The summed E-state index contributed by atoms with van der Waals surface area (Å²) < 4.78 is 0. The molecule has 0 saturated heterocycles. The third-order valence-electron chi connectivity index (χ3n) is 4.19. The Labute approximate surface area is 135 Å². The molecule has 0 atom stereocenters. The molecule has 0 spiro atoms. The molecule has 0 heteroatoms. The van der Waals surface area contributed by atoms with Crippen molar-refractivity contribution in [2.75, 3.05) is 0 Å². The molecule has 21 heavy (non-hydrogen) atoms. The highest BCUT2D eigenvalue weighted by Crippen LogP contribution is 2.22. The molecule has 126 valence electrons. The van der Waals surface area contributed by atoms with Gasteiger partial charge in [-0.25, -0.2) is 0 Å². The van der Waals surface area contributed by atoms with E-state index in [4.69, 9.17) is 0 Å². The first-order valence-corrected chi connectivity index (χ1v) is 9.71. The summed E-state index contributed by atoms with van der Waals surface area (Å²) in [5, 5.41) is 0. The number of allylic oxidation sites excluding steroid dienone is 2. The lowest BCUT2D eigenvalue weighted by Crippen LogP contribution is -2.03. The minimum absolute atomic E-state index is 0.514. The van der Waals surface area contributed by atoms with Crippen LogP contribution < -0.4 is 0 Å². The van der Waals surface area contributed by atoms with E-state index in [-0.39, 0.29) is 0 Å². The zero-order chi connectivity index (χ0) is 15.8. The van der Waals surface area contributed by atoms with Gasteiger partial charge in [-0.05, 0) is 37.5 Å². The lowest BCUT2D eigenvalue weighted by Gasteiger charge is -2.17. The number of hydrogen-bond donors (Lipinski definition) is 0. The van der Waals surface area contributed by atoms with E-state index < -0.39 is 0 Å². The highest BCUT2D eigenvalue weighted by atomic mass is 14.1. The van der Waals surface area contributed by atoms with E-state index in [9.17, 15) is 0 Å². The average Bonchev–Trinajstić information content (AvgIpc) is 2.42. The Morgan fingerprint density at radius 3 is 1.48 bits per heavy atom. The Morgan fingerprint density at radius 2 is 1.00 bits per heavy atom. The molecule has 0 aromatic heterocycles. The quantitative estimate of drug-likeness (QED) is 0.224. The molecule has 0 aliphatic rings. The van der Waals surface area contributed by atoms with Gasteiger partial charge in [-0.1, -0.05) is 97.6 Å². The second-order valence-electron chi connectivity index (χ2n) is 7.89. The molecule has 0 aromatic rings. The van der Waals surface area contributed by atoms with E-state index in [1.165, 1.54) is 89.9 Å². The lowest BCUT2D eigenvalue weighted by atomic mass is 9.89. The van der Waals surface area contributed by atoms with E-state index in [1.807, 2.05) is 0 Å². The van der Waals surface area contributed by atoms with E-state index in [0.717, 1.165) is 0 Å². The largest absolute Gasteiger partial charge is 0.0885 e. The van der Waals surface area contributed by atoms with Crippen LogP contribution in [0.3, 0.4) is 0 Å². The third kappa shape index (κ3) is 19.7. The molecule has 0 aliphatic carbocycles. The minimum atomic E-state index is 0.514. The maximum atomic E-state index is 2.42. The van der Waals surface area contributed by atoms with Crippen molar-refractivity contribution in [3.05, 3.63) is 12.2 Å². The van der Waals surface area contributed by atoms with Gasteiger partial charge < -0.3 is 0 Å². The average molecular weight is 295 g/mol. The van der Waals surface area contributed by atoms with E-state index in [2.05, 4.69) is 39.8 Å². The van der Waals surface area contributed by atoms with Gasteiger partial charge in [0.15, 0.2) is 0 Å². The van der Waals surface area contributed by atoms with Gasteiger partial charge in [-0.3, -0.25) is 0 Å². The maximum Gasteiger partial charge on any atom is -0.0351 e. The monoisotopic (exact) mass is 294 g/mol. The van der Waals surface area contributed by atoms with Crippen LogP contribution in [-0.2, 0) is 0 Å². The van der Waals surface area contributed by atoms with Gasteiger partial charge in [-0.15, -0.1) is 0 Å². The molecule has 0 fully saturated rings. The third-order valence-corrected chi connectivity index (χ3v) is 4.19. The van der Waals surface area contributed by atoms with Crippen LogP contribution >= 0.6 is 0 Å². The van der Waals surface area contributed by atoms with Crippen molar-refractivity contribution in [1.29, 1.82) is 0 Å². The summed E-state index contributed by atoms with van der Waals surface area (Å²) in [4.78, 5) is 0. The van der Waals surface area contributed by atoms with E-state index in [1.54, 1.807) is 0 Å². The predicted octanol–water partition coefficient (Wildman–Crippen LogP) is 8.07. The van der Waals surface area contributed by atoms with Crippen LogP contribution in [0.4, 0.5) is 0 Å².